The maximum absolute atomic E-state index is 13.2. The molecule has 0 spiro atoms. The molecule has 222 valence electrons. The number of hydrogen-bond acceptors (Lipinski definition) is 8. The van der Waals surface area contributed by atoms with Crippen LogP contribution in [0, 0.1) is 5.92 Å². The van der Waals surface area contributed by atoms with Gasteiger partial charge in [-0.05, 0) is 38.0 Å². The summed E-state index contributed by atoms with van der Waals surface area (Å²) in [6, 6.07) is -4.86. The van der Waals surface area contributed by atoms with Gasteiger partial charge in [-0.2, -0.15) is 0 Å². The topological polar surface area (TPSA) is 323 Å². The van der Waals surface area contributed by atoms with Crippen molar-refractivity contribution in [2.45, 2.75) is 76.5 Å². The molecule has 0 aromatic rings. The van der Waals surface area contributed by atoms with Crippen LogP contribution < -0.4 is 50.4 Å². The highest BCUT2D eigenvalue weighted by Crippen LogP contribution is 2.07. The lowest BCUT2D eigenvalue weighted by Crippen LogP contribution is -2.57. The first-order valence-electron chi connectivity index (χ1n) is 12.4. The lowest BCUT2D eigenvalue weighted by Gasteiger charge is -2.25. The zero-order chi connectivity index (χ0) is 30.1. The molecule has 0 aliphatic heterocycles. The Hall–Kier alpha value is -4.15. The molecule has 0 fully saturated rings. The number of carbonyl (C=O) groups is 5. The third-order valence-corrected chi connectivity index (χ3v) is 5.24. The van der Waals surface area contributed by atoms with E-state index in [2.05, 4.69) is 25.9 Å². The summed E-state index contributed by atoms with van der Waals surface area (Å²) < 4.78 is 0. The molecule has 0 aliphatic rings. The fraction of sp³-hybridized carbons (Fsp3) is 0.682. The highest BCUT2D eigenvalue weighted by Gasteiger charge is 2.30. The van der Waals surface area contributed by atoms with E-state index < -0.39 is 60.2 Å². The first kappa shape index (κ1) is 34.9. The fourth-order valence-electron chi connectivity index (χ4n) is 3.38. The molecular weight excluding hydrogens is 514 g/mol. The zero-order valence-electron chi connectivity index (χ0n) is 22.4. The Labute approximate surface area is 226 Å². The number of nitrogens with one attached hydrogen (secondary N) is 3. The minimum atomic E-state index is -1.61. The summed E-state index contributed by atoms with van der Waals surface area (Å²) in [6.07, 6.45) is 0.345. The Morgan fingerprint density at radius 3 is 1.49 bits per heavy atom. The van der Waals surface area contributed by atoms with Crippen molar-refractivity contribution >= 4 is 41.5 Å². The molecule has 17 heteroatoms. The average Bonchev–Trinajstić information content (AvgIpc) is 2.80. The van der Waals surface area contributed by atoms with Gasteiger partial charge in [0.05, 0.1) is 12.5 Å². The number of nitrogens with zero attached hydrogens (tertiary/aromatic N) is 2. The van der Waals surface area contributed by atoms with Gasteiger partial charge in [0.2, 0.25) is 23.6 Å². The molecule has 39 heavy (non-hydrogen) atoms. The number of amides is 4. The Bertz CT molecular complexity index is 901. The molecule has 0 saturated heterocycles. The summed E-state index contributed by atoms with van der Waals surface area (Å²) in [5, 5.41) is 16.6. The van der Waals surface area contributed by atoms with E-state index in [1.807, 2.05) is 13.8 Å². The summed E-state index contributed by atoms with van der Waals surface area (Å²) in [5.74, 6) is -4.80. The second-order valence-corrected chi connectivity index (χ2v) is 9.33. The Morgan fingerprint density at radius 2 is 1.13 bits per heavy atom. The second kappa shape index (κ2) is 18.2. The molecule has 0 aliphatic carbocycles. The van der Waals surface area contributed by atoms with Crippen molar-refractivity contribution in [2.24, 2.45) is 50.3 Å². The molecule has 0 rings (SSSR count). The third kappa shape index (κ3) is 16.3. The summed E-state index contributed by atoms with van der Waals surface area (Å²) in [7, 11) is 0. The molecule has 0 aromatic carbocycles. The van der Waals surface area contributed by atoms with Crippen LogP contribution in [-0.4, -0.2) is 83.9 Å². The van der Waals surface area contributed by atoms with Crippen LogP contribution in [0.3, 0.4) is 0 Å². The van der Waals surface area contributed by atoms with Gasteiger partial charge in [0.25, 0.3) is 0 Å². The van der Waals surface area contributed by atoms with Gasteiger partial charge < -0.3 is 55.5 Å². The Morgan fingerprint density at radius 1 is 0.718 bits per heavy atom. The lowest BCUT2D eigenvalue weighted by atomic mass is 10.0. The van der Waals surface area contributed by atoms with Crippen LogP contribution >= 0.6 is 0 Å². The van der Waals surface area contributed by atoms with Gasteiger partial charge in [0, 0.05) is 13.1 Å². The van der Waals surface area contributed by atoms with Crippen molar-refractivity contribution in [1.82, 2.24) is 16.0 Å². The summed E-state index contributed by atoms with van der Waals surface area (Å²) >= 11 is 0. The maximum atomic E-state index is 13.2. The van der Waals surface area contributed by atoms with E-state index in [0.29, 0.717) is 12.8 Å². The van der Waals surface area contributed by atoms with Crippen molar-refractivity contribution in [2.75, 3.05) is 13.1 Å². The van der Waals surface area contributed by atoms with Crippen LogP contribution in [0.15, 0.2) is 9.98 Å². The quantitative estimate of drug-likeness (QED) is 0.0413. The number of nitrogens with two attached hydrogens (primary N) is 6. The minimum absolute atomic E-state index is 0.00120. The van der Waals surface area contributed by atoms with E-state index in [-0.39, 0.29) is 50.2 Å². The van der Waals surface area contributed by atoms with Gasteiger partial charge in [-0.1, -0.05) is 13.8 Å². The second-order valence-electron chi connectivity index (χ2n) is 9.33. The van der Waals surface area contributed by atoms with Crippen LogP contribution in [0.25, 0.3) is 0 Å². The number of carboxylic acid groups (broad SMARTS) is 1. The van der Waals surface area contributed by atoms with E-state index in [4.69, 9.17) is 34.4 Å². The number of aliphatic imine (C=N–C) groups is 2. The third-order valence-electron chi connectivity index (χ3n) is 5.24. The summed E-state index contributed by atoms with van der Waals surface area (Å²) in [6.45, 7) is 4.08. The first-order chi connectivity index (χ1) is 18.1. The molecule has 0 heterocycles. The molecule has 16 N–H and O–H groups in total. The molecule has 0 aromatic heterocycles. The minimum Gasteiger partial charge on any atom is -0.480 e. The number of aliphatic carboxylic acids is 1. The van der Waals surface area contributed by atoms with Gasteiger partial charge >= 0.3 is 5.97 Å². The standard InChI is InChI=1S/C22H43N11O6/c1-11(2)9-12(23)17(35)31-13(5-3-7-29-21(25)26)18(36)32-14(6-4-8-30-22(27)28)19(37)33-15(20(38)39)10-16(24)34/h11-15H,3-10,23H2,1-2H3,(H2,24,34)(H,31,35)(H,32,36)(H,33,37)(H,38,39)(H4,25,26,29)(H4,27,28,30)/t12-,13-,14-,15-/m0/s1. The molecule has 4 atom stereocenters. The number of carbonyl (C=O) groups excluding carboxylic acids is 4. The molecular formula is C22H43N11O6. The van der Waals surface area contributed by atoms with Crippen LogP contribution in [-0.2, 0) is 24.0 Å². The zero-order valence-corrected chi connectivity index (χ0v) is 22.4. The van der Waals surface area contributed by atoms with Gasteiger partial charge in [0.1, 0.15) is 18.1 Å². The van der Waals surface area contributed by atoms with Crippen LogP contribution in [0.2, 0.25) is 0 Å². The van der Waals surface area contributed by atoms with Crippen LogP contribution in [0.4, 0.5) is 0 Å². The molecule has 0 bridgehead atoms. The van der Waals surface area contributed by atoms with Crippen LogP contribution in [0.5, 0.6) is 0 Å². The fourth-order valence-corrected chi connectivity index (χ4v) is 3.38. The summed E-state index contributed by atoms with van der Waals surface area (Å²) in [4.78, 5) is 69.1. The predicted octanol–water partition coefficient (Wildman–Crippen LogP) is -4.12. The Kier molecular flexibility index (Phi) is 16.2. The van der Waals surface area contributed by atoms with Gasteiger partial charge in [-0.3, -0.25) is 29.2 Å². The molecule has 17 nitrogen and oxygen atoms in total. The highest BCUT2D eigenvalue weighted by atomic mass is 16.4. The number of hydrogen-bond donors (Lipinski definition) is 10. The molecule has 0 saturated carbocycles. The van der Waals surface area contributed by atoms with Crippen molar-refractivity contribution in [3.63, 3.8) is 0 Å². The van der Waals surface area contributed by atoms with E-state index in [1.165, 1.54) is 0 Å². The largest absolute Gasteiger partial charge is 0.480 e. The van der Waals surface area contributed by atoms with Gasteiger partial charge in [-0.15, -0.1) is 0 Å². The van der Waals surface area contributed by atoms with Crippen molar-refractivity contribution in [3.05, 3.63) is 0 Å². The smallest absolute Gasteiger partial charge is 0.326 e. The van der Waals surface area contributed by atoms with E-state index in [1.54, 1.807) is 0 Å². The number of guanidine groups is 2. The average molecular weight is 558 g/mol. The molecule has 0 radical (unpaired) electrons. The van der Waals surface area contributed by atoms with Crippen LogP contribution in [0.1, 0.15) is 52.4 Å². The lowest BCUT2D eigenvalue weighted by molar-refractivity contribution is -0.143. The van der Waals surface area contributed by atoms with E-state index in [9.17, 15) is 29.1 Å². The van der Waals surface area contributed by atoms with Gasteiger partial charge in [0.15, 0.2) is 11.9 Å². The predicted molar refractivity (Wildman–Crippen MR) is 144 cm³/mol. The summed E-state index contributed by atoms with van der Waals surface area (Å²) in [5.41, 5.74) is 32.3. The number of carboxylic acids is 1. The number of rotatable bonds is 19. The van der Waals surface area contributed by atoms with Crippen molar-refractivity contribution in [1.29, 1.82) is 0 Å². The van der Waals surface area contributed by atoms with Gasteiger partial charge in [-0.25, -0.2) is 4.79 Å². The van der Waals surface area contributed by atoms with Crippen molar-refractivity contribution < 1.29 is 29.1 Å². The van der Waals surface area contributed by atoms with E-state index in [0.717, 1.165) is 0 Å². The highest BCUT2D eigenvalue weighted by molar-refractivity contribution is 5.94. The first-order valence-corrected chi connectivity index (χ1v) is 12.4. The molecule has 4 amide bonds. The Balaban J connectivity index is 5.78. The van der Waals surface area contributed by atoms with Crippen molar-refractivity contribution in [3.8, 4) is 0 Å². The maximum Gasteiger partial charge on any atom is 0.326 e. The molecule has 0 unspecified atom stereocenters. The monoisotopic (exact) mass is 557 g/mol. The SMILES string of the molecule is CC(C)C[C@H](N)C(=O)N[C@@H](CCCN=C(N)N)C(=O)N[C@@H](CCCN=C(N)N)C(=O)N[C@@H](CC(N)=O)C(=O)O. The normalized spacial score (nSPS) is 13.7. The number of primary amides is 1. The van der Waals surface area contributed by atoms with E-state index >= 15 is 0 Å².